The van der Waals surface area contributed by atoms with Crippen LogP contribution in [0.25, 0.3) is 10.8 Å². The molecule has 0 aromatic heterocycles. The van der Waals surface area contributed by atoms with E-state index >= 15 is 0 Å². The molecule has 1 heterocycles. The van der Waals surface area contributed by atoms with Crippen LogP contribution < -0.4 is 9.62 Å². The standard InChI is InChI=1S/C26H27Cl2N3O4S/c1-3-21(26(33)29-2)30(16-18-12-13-19(27)15-20(18)28)24(32)11-6-14-31-22-9-4-7-17-8-5-10-23(25(17)22)36(31,34)35/h4-5,7-10,12-13,15,21H,3,6,11,14,16H2,1-2H3,(H,29,33). The van der Waals surface area contributed by atoms with Gasteiger partial charge >= 0.3 is 0 Å². The van der Waals surface area contributed by atoms with Crippen LogP contribution in [0.4, 0.5) is 5.69 Å². The number of nitrogens with zero attached hydrogens (tertiary/aromatic N) is 2. The quantitative estimate of drug-likeness (QED) is 0.408. The SMILES string of the molecule is CCC(C(=O)NC)N(Cc1ccc(Cl)cc1Cl)C(=O)CCCN1c2cccc3cccc(c23)S1(=O)=O. The third kappa shape index (κ3) is 4.90. The second-order valence-electron chi connectivity index (χ2n) is 8.61. The summed E-state index contributed by atoms with van der Waals surface area (Å²) in [7, 11) is -2.17. The number of rotatable bonds is 9. The monoisotopic (exact) mass is 547 g/mol. The number of hydrogen-bond donors (Lipinski definition) is 1. The summed E-state index contributed by atoms with van der Waals surface area (Å²) in [6, 6.07) is 15.0. The van der Waals surface area contributed by atoms with Crippen molar-refractivity contribution in [3.63, 3.8) is 0 Å². The van der Waals surface area contributed by atoms with E-state index in [0.717, 1.165) is 5.39 Å². The van der Waals surface area contributed by atoms with Gasteiger partial charge in [0.1, 0.15) is 6.04 Å². The molecule has 0 bridgehead atoms. The Bertz CT molecular complexity index is 1420. The number of carbonyl (C=O) groups is 2. The highest BCUT2D eigenvalue weighted by Crippen LogP contribution is 2.42. The van der Waals surface area contributed by atoms with Crippen molar-refractivity contribution >= 4 is 61.5 Å². The number of hydrogen-bond acceptors (Lipinski definition) is 4. The summed E-state index contributed by atoms with van der Waals surface area (Å²) in [4.78, 5) is 27.8. The van der Waals surface area contributed by atoms with E-state index in [1.807, 2.05) is 25.1 Å². The van der Waals surface area contributed by atoms with Gasteiger partial charge in [0.2, 0.25) is 11.8 Å². The molecule has 1 aliphatic heterocycles. The average Bonchev–Trinajstić information content (AvgIpc) is 3.08. The fourth-order valence-electron chi connectivity index (χ4n) is 4.64. The molecule has 4 rings (SSSR count). The smallest absolute Gasteiger partial charge is 0.265 e. The zero-order chi connectivity index (χ0) is 26.0. The van der Waals surface area contributed by atoms with Crippen LogP contribution in [0.5, 0.6) is 0 Å². The lowest BCUT2D eigenvalue weighted by Crippen LogP contribution is -2.48. The van der Waals surface area contributed by atoms with Gasteiger partial charge in [-0.2, -0.15) is 0 Å². The van der Waals surface area contributed by atoms with Crippen LogP contribution in [0, 0.1) is 0 Å². The van der Waals surface area contributed by atoms with Crippen molar-refractivity contribution in [3.05, 3.63) is 70.2 Å². The Hall–Kier alpha value is -2.81. The topological polar surface area (TPSA) is 86.8 Å². The molecular formula is C26H27Cl2N3O4S. The van der Waals surface area contributed by atoms with Gasteiger partial charge in [-0.1, -0.05) is 60.5 Å². The lowest BCUT2D eigenvalue weighted by Gasteiger charge is -2.31. The number of likely N-dealkylation sites (N-methyl/N-ethyl adjacent to an activating group) is 1. The maximum atomic E-state index is 13.4. The number of nitrogens with one attached hydrogen (secondary N) is 1. The molecule has 0 radical (unpaired) electrons. The van der Waals surface area contributed by atoms with Gasteiger partial charge < -0.3 is 10.2 Å². The van der Waals surface area contributed by atoms with Crippen LogP contribution in [0.2, 0.25) is 10.0 Å². The molecule has 1 aliphatic rings. The number of amides is 2. The van der Waals surface area contributed by atoms with E-state index in [4.69, 9.17) is 23.2 Å². The largest absolute Gasteiger partial charge is 0.357 e. The van der Waals surface area contributed by atoms with Crippen molar-refractivity contribution in [1.82, 2.24) is 10.2 Å². The van der Waals surface area contributed by atoms with Crippen LogP contribution in [0.15, 0.2) is 59.5 Å². The number of benzene rings is 3. The van der Waals surface area contributed by atoms with Crippen LogP contribution in [-0.4, -0.2) is 44.8 Å². The van der Waals surface area contributed by atoms with Crippen LogP contribution in [0.1, 0.15) is 31.7 Å². The summed E-state index contributed by atoms with van der Waals surface area (Å²) in [6.45, 7) is 2.11. The molecule has 1 N–H and O–H groups in total. The van der Waals surface area contributed by atoms with E-state index in [0.29, 0.717) is 33.1 Å². The molecule has 3 aromatic rings. The first kappa shape index (κ1) is 26.3. The predicted octanol–water partition coefficient (Wildman–Crippen LogP) is 4.99. The molecule has 1 unspecified atom stereocenters. The van der Waals surface area contributed by atoms with Gasteiger partial charge in [-0.05, 0) is 48.1 Å². The Kier molecular flexibility index (Phi) is 7.78. The van der Waals surface area contributed by atoms with Gasteiger partial charge in [0.05, 0.1) is 10.6 Å². The number of anilines is 1. The van der Waals surface area contributed by atoms with Crippen molar-refractivity contribution in [3.8, 4) is 0 Å². The summed E-state index contributed by atoms with van der Waals surface area (Å²) < 4.78 is 27.8. The third-order valence-corrected chi connectivity index (χ3v) is 8.86. The van der Waals surface area contributed by atoms with Crippen molar-refractivity contribution in [2.24, 2.45) is 0 Å². The Morgan fingerprint density at radius 1 is 1.08 bits per heavy atom. The van der Waals surface area contributed by atoms with Crippen molar-refractivity contribution < 1.29 is 18.0 Å². The van der Waals surface area contributed by atoms with E-state index in [1.165, 1.54) is 16.3 Å². The Balaban J connectivity index is 1.53. The third-order valence-electron chi connectivity index (χ3n) is 6.42. The summed E-state index contributed by atoms with van der Waals surface area (Å²) in [5, 5.41) is 5.06. The average molecular weight is 548 g/mol. The molecule has 0 aliphatic carbocycles. The normalized spacial score (nSPS) is 14.6. The Labute approximate surface area is 221 Å². The van der Waals surface area contributed by atoms with Gasteiger partial charge in [-0.15, -0.1) is 0 Å². The van der Waals surface area contributed by atoms with Crippen LogP contribution in [-0.2, 0) is 26.2 Å². The molecule has 0 spiro atoms. The molecule has 0 fully saturated rings. The van der Waals surface area contributed by atoms with Gasteiger partial charge in [-0.25, -0.2) is 8.42 Å². The van der Waals surface area contributed by atoms with Crippen molar-refractivity contribution in [2.45, 2.75) is 43.7 Å². The molecule has 3 aromatic carbocycles. The second kappa shape index (κ2) is 10.7. The molecule has 0 saturated carbocycles. The minimum atomic E-state index is -3.70. The number of halogens is 2. The molecule has 1 atom stereocenters. The van der Waals surface area contributed by atoms with E-state index in [9.17, 15) is 18.0 Å². The molecule has 7 nitrogen and oxygen atoms in total. The highest BCUT2D eigenvalue weighted by Gasteiger charge is 2.35. The highest BCUT2D eigenvalue weighted by atomic mass is 35.5. The van der Waals surface area contributed by atoms with E-state index in [2.05, 4.69) is 5.32 Å². The van der Waals surface area contributed by atoms with Gasteiger partial charge in [-0.3, -0.25) is 13.9 Å². The first-order valence-electron chi connectivity index (χ1n) is 11.7. The van der Waals surface area contributed by atoms with E-state index in [-0.39, 0.29) is 42.6 Å². The zero-order valence-electron chi connectivity index (χ0n) is 20.0. The first-order chi connectivity index (χ1) is 17.2. The lowest BCUT2D eigenvalue weighted by molar-refractivity contribution is -0.141. The van der Waals surface area contributed by atoms with Crippen molar-refractivity contribution in [2.75, 3.05) is 17.9 Å². The fraction of sp³-hybridized carbons (Fsp3) is 0.308. The lowest BCUT2D eigenvalue weighted by atomic mass is 10.1. The Morgan fingerprint density at radius 2 is 1.81 bits per heavy atom. The van der Waals surface area contributed by atoms with Crippen LogP contribution >= 0.6 is 23.2 Å². The number of carbonyl (C=O) groups excluding carboxylic acids is 2. The summed E-state index contributed by atoms with van der Waals surface area (Å²) in [6.07, 6.45) is 0.767. The van der Waals surface area contributed by atoms with E-state index in [1.54, 1.807) is 36.4 Å². The minimum absolute atomic E-state index is 0.0665. The summed E-state index contributed by atoms with van der Waals surface area (Å²) >= 11 is 12.4. The van der Waals surface area contributed by atoms with E-state index < -0.39 is 16.1 Å². The highest BCUT2D eigenvalue weighted by molar-refractivity contribution is 7.93. The summed E-state index contributed by atoms with van der Waals surface area (Å²) in [5.41, 5.74) is 1.29. The molecule has 190 valence electrons. The van der Waals surface area contributed by atoms with Gasteiger partial charge in [0.25, 0.3) is 10.0 Å². The zero-order valence-corrected chi connectivity index (χ0v) is 22.3. The maximum Gasteiger partial charge on any atom is 0.265 e. The maximum absolute atomic E-state index is 13.4. The molecule has 2 amide bonds. The van der Waals surface area contributed by atoms with Crippen LogP contribution in [0.3, 0.4) is 0 Å². The minimum Gasteiger partial charge on any atom is -0.357 e. The van der Waals surface area contributed by atoms with Crippen molar-refractivity contribution in [1.29, 1.82) is 0 Å². The molecule has 10 heteroatoms. The van der Waals surface area contributed by atoms with Gasteiger partial charge in [0, 0.05) is 42.0 Å². The fourth-order valence-corrected chi connectivity index (χ4v) is 6.85. The predicted molar refractivity (Wildman–Crippen MR) is 143 cm³/mol. The first-order valence-corrected chi connectivity index (χ1v) is 13.9. The Morgan fingerprint density at radius 3 is 2.47 bits per heavy atom. The second-order valence-corrected chi connectivity index (χ2v) is 11.3. The summed E-state index contributed by atoms with van der Waals surface area (Å²) in [5.74, 6) is -0.538. The van der Waals surface area contributed by atoms with Gasteiger partial charge in [0.15, 0.2) is 0 Å². The number of sulfonamides is 1. The molecular weight excluding hydrogens is 521 g/mol. The molecule has 36 heavy (non-hydrogen) atoms. The molecule has 0 saturated heterocycles.